The van der Waals surface area contributed by atoms with E-state index in [1.54, 1.807) is 0 Å². The van der Waals surface area contributed by atoms with E-state index in [0.717, 1.165) is 0 Å². The van der Waals surface area contributed by atoms with Gasteiger partial charge < -0.3 is 5.73 Å². The molecule has 0 atom stereocenters. The molecule has 6 nitrogen and oxygen atoms in total. The maximum absolute atomic E-state index is 5.60. The molecule has 0 unspecified atom stereocenters. The fourth-order valence-corrected chi connectivity index (χ4v) is 0.594. The number of hydrogen-bond donors (Lipinski definition) is 2. The van der Waals surface area contributed by atoms with Crippen LogP contribution in [0.15, 0.2) is 4.99 Å². The number of hydrogen-bond acceptors (Lipinski definition) is 4. The maximum atomic E-state index is 5.60. The van der Waals surface area contributed by atoms with Crippen LogP contribution in [0.25, 0.3) is 0 Å². The SMILES string of the molecule is CC(C)C(N)=NCc1nn[nH]n1. The number of aromatic nitrogens is 4. The summed E-state index contributed by atoms with van der Waals surface area (Å²) in [5.41, 5.74) is 5.60. The van der Waals surface area contributed by atoms with Crippen LogP contribution in [-0.2, 0) is 6.54 Å². The van der Waals surface area contributed by atoms with E-state index in [1.165, 1.54) is 0 Å². The van der Waals surface area contributed by atoms with Crippen molar-refractivity contribution in [2.45, 2.75) is 20.4 Å². The number of nitrogens with one attached hydrogen (secondary N) is 1. The van der Waals surface area contributed by atoms with Gasteiger partial charge in [0.2, 0.25) is 0 Å². The van der Waals surface area contributed by atoms with E-state index in [2.05, 4.69) is 25.6 Å². The molecule has 0 amide bonds. The lowest BCUT2D eigenvalue weighted by Crippen LogP contribution is -2.18. The molecule has 0 fully saturated rings. The van der Waals surface area contributed by atoms with Crippen LogP contribution >= 0.6 is 0 Å². The molecule has 3 N–H and O–H groups in total. The molecule has 66 valence electrons. The lowest BCUT2D eigenvalue weighted by Gasteiger charge is -2.01. The average Bonchev–Trinajstić information content (AvgIpc) is 2.51. The van der Waals surface area contributed by atoms with Crippen molar-refractivity contribution in [3.05, 3.63) is 5.82 Å². The fourth-order valence-electron chi connectivity index (χ4n) is 0.594. The standard InChI is InChI=1S/C6H12N6/c1-4(2)6(7)8-3-5-9-11-12-10-5/h4H,3H2,1-2H3,(H2,7,8)(H,9,10,11,12). The second-order valence-corrected chi connectivity index (χ2v) is 2.72. The highest BCUT2D eigenvalue weighted by molar-refractivity contribution is 5.82. The van der Waals surface area contributed by atoms with E-state index in [1.807, 2.05) is 13.8 Å². The van der Waals surface area contributed by atoms with Crippen LogP contribution in [-0.4, -0.2) is 26.5 Å². The fraction of sp³-hybridized carbons (Fsp3) is 0.667. The molecule has 0 aliphatic heterocycles. The van der Waals surface area contributed by atoms with Crippen LogP contribution in [0.1, 0.15) is 19.7 Å². The van der Waals surface area contributed by atoms with E-state index >= 15 is 0 Å². The molecule has 1 aromatic heterocycles. The minimum absolute atomic E-state index is 0.261. The summed E-state index contributed by atoms with van der Waals surface area (Å²) in [7, 11) is 0. The zero-order valence-electron chi connectivity index (χ0n) is 7.15. The zero-order chi connectivity index (χ0) is 8.97. The van der Waals surface area contributed by atoms with Crippen molar-refractivity contribution in [2.24, 2.45) is 16.6 Å². The molecule has 12 heavy (non-hydrogen) atoms. The molecule has 0 bridgehead atoms. The second kappa shape index (κ2) is 3.80. The molecule has 1 heterocycles. The smallest absolute Gasteiger partial charge is 0.195 e. The van der Waals surface area contributed by atoms with Crippen LogP contribution in [0.4, 0.5) is 0 Å². The van der Waals surface area contributed by atoms with E-state index in [4.69, 9.17) is 5.73 Å². The number of H-pyrrole nitrogens is 1. The van der Waals surface area contributed by atoms with E-state index in [0.29, 0.717) is 18.2 Å². The normalized spacial score (nSPS) is 12.4. The van der Waals surface area contributed by atoms with Gasteiger partial charge in [-0.2, -0.15) is 5.21 Å². The third-order valence-electron chi connectivity index (χ3n) is 1.38. The van der Waals surface area contributed by atoms with Crippen molar-refractivity contribution in [1.29, 1.82) is 0 Å². The van der Waals surface area contributed by atoms with Gasteiger partial charge in [0.25, 0.3) is 0 Å². The summed E-state index contributed by atoms with van der Waals surface area (Å²) in [6.07, 6.45) is 0. The van der Waals surface area contributed by atoms with Gasteiger partial charge in [0, 0.05) is 5.92 Å². The lowest BCUT2D eigenvalue weighted by molar-refractivity contribution is 0.838. The van der Waals surface area contributed by atoms with Crippen molar-refractivity contribution in [2.75, 3.05) is 0 Å². The number of nitrogens with two attached hydrogens (primary N) is 1. The maximum Gasteiger partial charge on any atom is 0.195 e. The molecular weight excluding hydrogens is 156 g/mol. The summed E-state index contributed by atoms with van der Waals surface area (Å²) in [5.74, 6) is 1.43. The summed E-state index contributed by atoms with van der Waals surface area (Å²) in [5, 5.41) is 13.2. The van der Waals surface area contributed by atoms with Gasteiger partial charge in [-0.1, -0.05) is 19.1 Å². The number of nitrogens with zero attached hydrogens (tertiary/aromatic N) is 4. The Balaban J connectivity index is 2.49. The quantitative estimate of drug-likeness (QED) is 0.479. The summed E-state index contributed by atoms with van der Waals surface area (Å²) < 4.78 is 0. The first-order valence-electron chi connectivity index (χ1n) is 3.72. The highest BCUT2D eigenvalue weighted by Crippen LogP contribution is 1.94. The molecule has 1 aromatic rings. The van der Waals surface area contributed by atoms with Crippen molar-refractivity contribution in [3.8, 4) is 0 Å². The molecule has 0 aliphatic carbocycles. The van der Waals surface area contributed by atoms with Crippen molar-refractivity contribution < 1.29 is 0 Å². The first kappa shape index (κ1) is 8.63. The molecule has 1 rings (SSSR count). The van der Waals surface area contributed by atoms with Gasteiger partial charge in [0.15, 0.2) is 5.82 Å². The Morgan fingerprint density at radius 1 is 1.67 bits per heavy atom. The number of aliphatic imine (C=N–C) groups is 1. The predicted molar refractivity (Wildman–Crippen MR) is 44.3 cm³/mol. The third-order valence-corrected chi connectivity index (χ3v) is 1.38. The molecule has 0 aliphatic rings. The van der Waals surface area contributed by atoms with Crippen LogP contribution in [0.3, 0.4) is 0 Å². The van der Waals surface area contributed by atoms with E-state index in [-0.39, 0.29) is 5.92 Å². The van der Waals surface area contributed by atoms with Crippen molar-refractivity contribution in [1.82, 2.24) is 20.6 Å². The van der Waals surface area contributed by atoms with Crippen LogP contribution in [0.5, 0.6) is 0 Å². The molecule has 0 saturated carbocycles. The van der Waals surface area contributed by atoms with Gasteiger partial charge in [0.1, 0.15) is 6.54 Å². The Bertz CT molecular complexity index is 249. The summed E-state index contributed by atoms with van der Waals surface area (Å²) >= 11 is 0. The number of rotatable bonds is 3. The summed E-state index contributed by atoms with van der Waals surface area (Å²) in [6, 6.07) is 0. The monoisotopic (exact) mass is 168 g/mol. The molecule has 0 aromatic carbocycles. The zero-order valence-corrected chi connectivity index (χ0v) is 7.15. The van der Waals surface area contributed by atoms with Crippen molar-refractivity contribution >= 4 is 5.84 Å². The van der Waals surface area contributed by atoms with Gasteiger partial charge in [-0.3, -0.25) is 4.99 Å². The van der Waals surface area contributed by atoms with Gasteiger partial charge in [-0.15, -0.1) is 10.2 Å². The Kier molecular flexibility index (Phi) is 2.73. The summed E-state index contributed by atoms with van der Waals surface area (Å²) in [6.45, 7) is 4.35. The molecule has 0 saturated heterocycles. The highest BCUT2D eigenvalue weighted by atomic mass is 15.5. The Hall–Kier alpha value is -1.46. The van der Waals surface area contributed by atoms with Crippen LogP contribution in [0.2, 0.25) is 0 Å². The lowest BCUT2D eigenvalue weighted by atomic mass is 10.2. The van der Waals surface area contributed by atoms with E-state index in [9.17, 15) is 0 Å². The third kappa shape index (κ3) is 2.30. The topological polar surface area (TPSA) is 92.8 Å². The van der Waals surface area contributed by atoms with Gasteiger partial charge in [0.05, 0.1) is 5.84 Å². The van der Waals surface area contributed by atoms with Gasteiger partial charge in [-0.05, 0) is 0 Å². The molecule has 0 radical (unpaired) electrons. The predicted octanol–water partition coefficient (Wildman–Crippen LogP) is -0.287. The first-order valence-corrected chi connectivity index (χ1v) is 3.72. The minimum Gasteiger partial charge on any atom is -0.387 e. The largest absolute Gasteiger partial charge is 0.387 e. The summed E-state index contributed by atoms with van der Waals surface area (Å²) in [4.78, 5) is 4.08. The number of tetrazole rings is 1. The number of aromatic amines is 1. The Labute approximate surface area is 70.3 Å². The van der Waals surface area contributed by atoms with Gasteiger partial charge in [-0.25, -0.2) is 0 Å². The van der Waals surface area contributed by atoms with Crippen LogP contribution < -0.4 is 5.73 Å². The van der Waals surface area contributed by atoms with Gasteiger partial charge >= 0.3 is 0 Å². The first-order chi connectivity index (χ1) is 5.70. The Morgan fingerprint density at radius 2 is 2.42 bits per heavy atom. The second-order valence-electron chi connectivity index (χ2n) is 2.72. The van der Waals surface area contributed by atoms with Crippen LogP contribution in [0, 0.1) is 5.92 Å². The molecule has 6 heteroatoms. The van der Waals surface area contributed by atoms with Crippen molar-refractivity contribution in [3.63, 3.8) is 0 Å². The van der Waals surface area contributed by atoms with E-state index < -0.39 is 0 Å². The minimum atomic E-state index is 0.261. The average molecular weight is 168 g/mol. The highest BCUT2D eigenvalue weighted by Gasteiger charge is 2.00. The molecule has 0 spiro atoms. The molecular formula is C6H12N6. The number of amidine groups is 1. The Morgan fingerprint density at radius 3 is 2.92 bits per heavy atom.